The van der Waals surface area contributed by atoms with Crippen molar-refractivity contribution in [1.82, 2.24) is 4.57 Å². The van der Waals surface area contributed by atoms with Gasteiger partial charge in [-0.3, -0.25) is 9.36 Å². The van der Waals surface area contributed by atoms with Gasteiger partial charge in [0.1, 0.15) is 5.75 Å². The number of esters is 2. The van der Waals surface area contributed by atoms with Gasteiger partial charge in [0.05, 0.1) is 35.1 Å². The van der Waals surface area contributed by atoms with Crippen LogP contribution in [0.3, 0.4) is 0 Å². The van der Waals surface area contributed by atoms with Crippen molar-refractivity contribution in [2.75, 3.05) is 26.1 Å². The van der Waals surface area contributed by atoms with Crippen LogP contribution in [0.2, 0.25) is 0 Å². The minimum absolute atomic E-state index is 0.176. The number of ether oxygens (including phenoxy) is 3. The van der Waals surface area contributed by atoms with Crippen LogP contribution in [-0.4, -0.2) is 42.6 Å². The van der Waals surface area contributed by atoms with Crippen LogP contribution in [0.15, 0.2) is 99.1 Å². The number of carbonyl (C=O) groups is 2. The molecule has 3 aromatic carbocycles. The first-order chi connectivity index (χ1) is 20.9. The fourth-order valence-electron chi connectivity index (χ4n) is 4.75. The summed E-state index contributed by atoms with van der Waals surface area (Å²) in [6.07, 6.45) is 3.71. The highest BCUT2D eigenvalue weighted by Crippen LogP contribution is 2.35. The van der Waals surface area contributed by atoms with Gasteiger partial charge >= 0.3 is 11.9 Å². The van der Waals surface area contributed by atoms with Crippen molar-refractivity contribution in [1.29, 1.82) is 0 Å². The molecule has 220 valence electrons. The van der Waals surface area contributed by atoms with E-state index in [-0.39, 0.29) is 25.4 Å². The fraction of sp³-hybridized carbons (Fsp3) is 0.212. The Morgan fingerprint density at radius 1 is 0.953 bits per heavy atom. The van der Waals surface area contributed by atoms with Gasteiger partial charge in [0, 0.05) is 16.0 Å². The average molecular weight is 615 g/mol. The highest BCUT2D eigenvalue weighted by Gasteiger charge is 2.35. The predicted molar refractivity (Wildman–Crippen MR) is 168 cm³/mol. The summed E-state index contributed by atoms with van der Waals surface area (Å²) in [4.78, 5) is 46.0. The largest absolute Gasteiger partial charge is 0.481 e. The van der Waals surface area contributed by atoms with Gasteiger partial charge in [0.15, 0.2) is 11.4 Å². The number of nitrogens with zero attached hydrogens (tertiary/aromatic N) is 2. The summed E-state index contributed by atoms with van der Waals surface area (Å²) in [6, 6.07) is 23.6. The van der Waals surface area contributed by atoms with E-state index in [2.05, 4.69) is 0 Å². The number of fused-ring (bicyclic) bond motifs is 1. The predicted octanol–water partition coefficient (Wildman–Crippen LogP) is 4.60. The molecule has 4 aromatic rings. The number of benzene rings is 3. The SMILES string of the molecule is CCOC(=O)COc1ccccc1/C=c1\sc2n(c1=O)[C@@H](c1ccc(SC)cc1)C(C(=O)OCC)=C(c1ccccc1)N=2. The number of aromatic nitrogens is 1. The molecule has 5 rings (SSSR count). The van der Waals surface area contributed by atoms with E-state index >= 15 is 0 Å². The Bertz CT molecular complexity index is 1840. The quantitative estimate of drug-likeness (QED) is 0.190. The van der Waals surface area contributed by atoms with Gasteiger partial charge in [-0.25, -0.2) is 14.6 Å². The Morgan fingerprint density at radius 3 is 2.35 bits per heavy atom. The number of thiazole rings is 1. The fourth-order valence-corrected chi connectivity index (χ4v) is 6.15. The monoisotopic (exact) mass is 614 g/mol. The second-order valence-corrected chi connectivity index (χ2v) is 11.2. The van der Waals surface area contributed by atoms with Crippen molar-refractivity contribution in [2.24, 2.45) is 4.99 Å². The van der Waals surface area contributed by atoms with Crippen molar-refractivity contribution in [3.63, 3.8) is 0 Å². The molecular formula is C33H30N2O6S2. The van der Waals surface area contributed by atoms with E-state index in [9.17, 15) is 14.4 Å². The van der Waals surface area contributed by atoms with Gasteiger partial charge in [-0.2, -0.15) is 0 Å². The highest BCUT2D eigenvalue weighted by atomic mass is 32.2. The lowest BCUT2D eigenvalue weighted by Gasteiger charge is -2.26. The molecule has 0 N–H and O–H groups in total. The number of carbonyl (C=O) groups excluding carboxylic acids is 2. The number of hydrogen-bond acceptors (Lipinski definition) is 9. The smallest absolute Gasteiger partial charge is 0.344 e. The summed E-state index contributed by atoms with van der Waals surface area (Å²) in [6.45, 7) is 3.65. The molecule has 1 aliphatic rings. The zero-order chi connectivity index (χ0) is 30.3. The van der Waals surface area contributed by atoms with Gasteiger partial charge in [0.25, 0.3) is 5.56 Å². The molecule has 0 unspecified atom stereocenters. The van der Waals surface area contributed by atoms with Gasteiger partial charge in [-0.15, -0.1) is 11.8 Å². The third-order valence-electron chi connectivity index (χ3n) is 6.66. The van der Waals surface area contributed by atoms with E-state index < -0.39 is 18.0 Å². The van der Waals surface area contributed by atoms with Crippen molar-refractivity contribution >= 4 is 46.8 Å². The lowest BCUT2D eigenvalue weighted by molar-refractivity contribution is -0.145. The first-order valence-electron chi connectivity index (χ1n) is 13.7. The van der Waals surface area contributed by atoms with Crippen LogP contribution in [0.5, 0.6) is 5.75 Å². The molecule has 0 saturated heterocycles. The molecule has 2 heterocycles. The molecule has 8 nitrogen and oxygen atoms in total. The second kappa shape index (κ2) is 13.7. The molecule has 0 radical (unpaired) electrons. The molecule has 0 aliphatic carbocycles. The normalized spacial score (nSPS) is 14.6. The molecule has 0 saturated carbocycles. The topological polar surface area (TPSA) is 96.2 Å². The van der Waals surface area contributed by atoms with E-state index in [0.717, 1.165) is 16.0 Å². The highest BCUT2D eigenvalue weighted by molar-refractivity contribution is 7.98. The summed E-state index contributed by atoms with van der Waals surface area (Å²) in [5.74, 6) is -0.581. The molecule has 0 amide bonds. The minimum atomic E-state index is -0.765. The van der Waals surface area contributed by atoms with Crippen molar-refractivity contribution < 1.29 is 23.8 Å². The first kappa shape index (κ1) is 30.1. The Kier molecular flexibility index (Phi) is 9.58. The molecular weight excluding hydrogens is 585 g/mol. The van der Waals surface area contributed by atoms with Crippen LogP contribution in [-0.2, 0) is 19.1 Å². The summed E-state index contributed by atoms with van der Waals surface area (Å²) >= 11 is 2.83. The lowest BCUT2D eigenvalue weighted by Crippen LogP contribution is -2.40. The lowest BCUT2D eigenvalue weighted by atomic mass is 9.93. The summed E-state index contributed by atoms with van der Waals surface area (Å²) in [5, 5.41) is 0. The van der Waals surface area contributed by atoms with Crippen molar-refractivity contribution in [3.8, 4) is 5.75 Å². The van der Waals surface area contributed by atoms with E-state index in [1.807, 2.05) is 66.9 Å². The molecule has 10 heteroatoms. The molecule has 43 heavy (non-hydrogen) atoms. The van der Waals surface area contributed by atoms with E-state index in [1.165, 1.54) is 11.3 Å². The zero-order valence-corrected chi connectivity index (χ0v) is 25.6. The van der Waals surface area contributed by atoms with E-state index in [4.69, 9.17) is 19.2 Å². The van der Waals surface area contributed by atoms with Crippen LogP contribution in [0.1, 0.15) is 36.6 Å². The minimum Gasteiger partial charge on any atom is -0.481 e. The second-order valence-electron chi connectivity index (χ2n) is 9.34. The molecule has 1 aromatic heterocycles. The van der Waals surface area contributed by atoms with Crippen molar-refractivity contribution in [2.45, 2.75) is 24.8 Å². The summed E-state index contributed by atoms with van der Waals surface area (Å²) in [5.41, 5.74) is 2.57. The van der Waals surface area contributed by atoms with Crippen LogP contribution < -0.4 is 19.6 Å². The van der Waals surface area contributed by atoms with E-state index in [0.29, 0.717) is 31.9 Å². The van der Waals surface area contributed by atoms with Crippen LogP contribution in [0.25, 0.3) is 11.8 Å². The zero-order valence-electron chi connectivity index (χ0n) is 23.9. The Balaban J connectivity index is 1.72. The summed E-state index contributed by atoms with van der Waals surface area (Å²) in [7, 11) is 0. The van der Waals surface area contributed by atoms with E-state index in [1.54, 1.807) is 54.5 Å². The summed E-state index contributed by atoms with van der Waals surface area (Å²) < 4.78 is 18.2. The van der Waals surface area contributed by atoms with Crippen LogP contribution >= 0.6 is 23.1 Å². The maximum atomic E-state index is 14.1. The van der Waals surface area contributed by atoms with Gasteiger partial charge in [-0.1, -0.05) is 72.0 Å². The first-order valence-corrected chi connectivity index (χ1v) is 15.8. The maximum Gasteiger partial charge on any atom is 0.344 e. The number of para-hydroxylation sites is 1. The molecule has 0 spiro atoms. The molecule has 1 aliphatic heterocycles. The molecule has 0 bridgehead atoms. The Hall–Kier alpha value is -4.41. The standard InChI is InChI=1S/C33H30N2O6S2/c1-4-39-27(36)20-41-25-14-10-9-13-23(25)19-26-31(37)35-30(22-15-17-24(42-3)18-16-22)28(32(38)40-5-2)29(34-33(35)43-26)21-11-7-6-8-12-21/h6-19,30H,4-5,20H2,1-3H3/b26-19-/t30-/m0/s1. The number of hydrogen-bond donors (Lipinski definition) is 0. The van der Waals surface area contributed by atoms with Gasteiger partial charge < -0.3 is 14.2 Å². The van der Waals surface area contributed by atoms with Crippen molar-refractivity contribution in [3.05, 3.63) is 121 Å². The van der Waals surface area contributed by atoms with Gasteiger partial charge in [-0.05, 0) is 49.9 Å². The molecule has 1 atom stereocenters. The van der Waals surface area contributed by atoms with Gasteiger partial charge in [0.2, 0.25) is 0 Å². The van der Waals surface area contributed by atoms with Crippen LogP contribution in [0, 0.1) is 0 Å². The maximum absolute atomic E-state index is 14.1. The Labute approximate surface area is 257 Å². The van der Waals surface area contributed by atoms with Crippen LogP contribution in [0.4, 0.5) is 0 Å². The molecule has 0 fully saturated rings. The third-order valence-corrected chi connectivity index (χ3v) is 8.39. The third kappa shape index (κ3) is 6.50. The number of rotatable bonds is 10. The Morgan fingerprint density at radius 2 is 1.65 bits per heavy atom. The number of thioether (sulfide) groups is 1. The average Bonchev–Trinajstić information content (AvgIpc) is 3.34.